The van der Waals surface area contributed by atoms with Crippen molar-refractivity contribution in [3.63, 3.8) is 0 Å². The van der Waals surface area contributed by atoms with Gasteiger partial charge in [0.25, 0.3) is 0 Å². The summed E-state index contributed by atoms with van der Waals surface area (Å²) in [6, 6.07) is 3.55. The van der Waals surface area contributed by atoms with Crippen LogP contribution >= 0.6 is 0 Å². The lowest BCUT2D eigenvalue weighted by Crippen LogP contribution is -2.22. The third-order valence-corrected chi connectivity index (χ3v) is 2.79. The molecule has 3 heteroatoms. The topological polar surface area (TPSA) is 26.0 Å². The first-order chi connectivity index (χ1) is 6.59. The maximum atomic E-state index is 13.2. The lowest BCUT2D eigenvalue weighted by Gasteiger charge is -2.08. The van der Waals surface area contributed by atoms with Crippen molar-refractivity contribution in [2.24, 2.45) is 5.73 Å². The third kappa shape index (κ3) is 2.10. The second-order valence-corrected chi connectivity index (χ2v) is 4.10. The maximum absolute atomic E-state index is 13.2. The Balaban J connectivity index is 2.04. The number of rotatable bonds is 3. The van der Waals surface area contributed by atoms with Gasteiger partial charge in [-0.3, -0.25) is 0 Å². The van der Waals surface area contributed by atoms with Crippen LogP contribution in [0.25, 0.3) is 0 Å². The number of benzene rings is 1. The summed E-state index contributed by atoms with van der Waals surface area (Å²) in [4.78, 5) is 0. The van der Waals surface area contributed by atoms with Crippen molar-refractivity contribution in [1.29, 1.82) is 0 Å². The lowest BCUT2D eigenvalue weighted by atomic mass is 10.0. The highest BCUT2D eigenvalue weighted by Gasteiger charge is 2.37. The SMILES string of the molecule is NC1(CCc2cc(F)ccc2F)CC1. The van der Waals surface area contributed by atoms with E-state index in [4.69, 9.17) is 5.73 Å². The zero-order valence-electron chi connectivity index (χ0n) is 7.89. The predicted molar refractivity (Wildman–Crippen MR) is 50.8 cm³/mol. The van der Waals surface area contributed by atoms with Crippen molar-refractivity contribution in [1.82, 2.24) is 0 Å². The van der Waals surface area contributed by atoms with Gasteiger partial charge in [-0.05, 0) is 49.4 Å². The van der Waals surface area contributed by atoms with Crippen LogP contribution in [-0.4, -0.2) is 5.54 Å². The van der Waals surface area contributed by atoms with E-state index in [0.29, 0.717) is 12.0 Å². The van der Waals surface area contributed by atoms with Gasteiger partial charge in [0.2, 0.25) is 0 Å². The van der Waals surface area contributed by atoms with Crippen LogP contribution in [0.2, 0.25) is 0 Å². The fourth-order valence-electron chi connectivity index (χ4n) is 1.53. The zero-order valence-corrected chi connectivity index (χ0v) is 7.89. The molecule has 1 aromatic carbocycles. The van der Waals surface area contributed by atoms with Gasteiger partial charge in [0.05, 0.1) is 0 Å². The van der Waals surface area contributed by atoms with E-state index in [1.807, 2.05) is 0 Å². The molecule has 0 saturated heterocycles. The van der Waals surface area contributed by atoms with E-state index in [9.17, 15) is 8.78 Å². The van der Waals surface area contributed by atoms with Crippen LogP contribution in [0.5, 0.6) is 0 Å². The Hall–Kier alpha value is -0.960. The first-order valence-corrected chi connectivity index (χ1v) is 4.82. The molecular weight excluding hydrogens is 184 g/mol. The number of nitrogens with two attached hydrogens (primary N) is 1. The van der Waals surface area contributed by atoms with Gasteiger partial charge in [-0.2, -0.15) is 0 Å². The molecular formula is C11H13F2N. The fraction of sp³-hybridized carbons (Fsp3) is 0.455. The molecule has 0 unspecified atom stereocenters. The highest BCUT2D eigenvalue weighted by atomic mass is 19.1. The first-order valence-electron chi connectivity index (χ1n) is 4.82. The molecule has 0 amide bonds. The van der Waals surface area contributed by atoms with Crippen molar-refractivity contribution in [3.8, 4) is 0 Å². The van der Waals surface area contributed by atoms with E-state index < -0.39 is 0 Å². The zero-order chi connectivity index (χ0) is 10.2. The number of halogens is 2. The van der Waals surface area contributed by atoms with Crippen LogP contribution in [-0.2, 0) is 6.42 Å². The van der Waals surface area contributed by atoms with Gasteiger partial charge in [0.15, 0.2) is 0 Å². The molecule has 14 heavy (non-hydrogen) atoms. The molecule has 0 aromatic heterocycles. The largest absolute Gasteiger partial charge is 0.325 e. The summed E-state index contributed by atoms with van der Waals surface area (Å²) in [5.41, 5.74) is 6.20. The normalized spacial score (nSPS) is 18.2. The van der Waals surface area contributed by atoms with E-state index in [-0.39, 0.29) is 17.2 Å². The van der Waals surface area contributed by atoms with Crippen LogP contribution in [0, 0.1) is 11.6 Å². The summed E-state index contributed by atoms with van der Waals surface area (Å²) in [7, 11) is 0. The molecule has 0 atom stereocenters. The molecule has 1 nitrogen and oxygen atoms in total. The lowest BCUT2D eigenvalue weighted by molar-refractivity contribution is 0.558. The average Bonchev–Trinajstić information content (AvgIpc) is 2.87. The molecule has 1 saturated carbocycles. The van der Waals surface area contributed by atoms with Crippen molar-refractivity contribution in [2.75, 3.05) is 0 Å². The van der Waals surface area contributed by atoms with E-state index in [1.165, 1.54) is 12.1 Å². The molecule has 0 spiro atoms. The Labute approximate surface area is 81.9 Å². The van der Waals surface area contributed by atoms with Crippen LogP contribution in [0.3, 0.4) is 0 Å². The number of aryl methyl sites for hydroxylation is 1. The van der Waals surface area contributed by atoms with Gasteiger partial charge in [0.1, 0.15) is 11.6 Å². The van der Waals surface area contributed by atoms with Crippen LogP contribution < -0.4 is 5.73 Å². The van der Waals surface area contributed by atoms with Crippen molar-refractivity contribution < 1.29 is 8.78 Å². The summed E-state index contributed by atoms with van der Waals surface area (Å²) in [5.74, 6) is -0.723. The van der Waals surface area contributed by atoms with Crippen molar-refractivity contribution >= 4 is 0 Å². The minimum absolute atomic E-state index is 0.0985. The molecule has 0 heterocycles. The Morgan fingerprint density at radius 1 is 1.29 bits per heavy atom. The maximum Gasteiger partial charge on any atom is 0.126 e. The Bertz CT molecular complexity index is 345. The second-order valence-electron chi connectivity index (χ2n) is 4.10. The minimum Gasteiger partial charge on any atom is -0.325 e. The first kappa shape index (κ1) is 9.59. The average molecular weight is 197 g/mol. The second kappa shape index (κ2) is 3.31. The summed E-state index contributed by atoms with van der Waals surface area (Å²) < 4.78 is 25.9. The van der Waals surface area contributed by atoms with E-state index >= 15 is 0 Å². The summed E-state index contributed by atoms with van der Waals surface area (Å²) >= 11 is 0. The quantitative estimate of drug-likeness (QED) is 0.791. The van der Waals surface area contributed by atoms with Crippen molar-refractivity contribution in [3.05, 3.63) is 35.4 Å². The monoisotopic (exact) mass is 197 g/mol. The fourth-order valence-corrected chi connectivity index (χ4v) is 1.53. The molecule has 76 valence electrons. The third-order valence-electron chi connectivity index (χ3n) is 2.79. The van der Waals surface area contributed by atoms with Gasteiger partial charge in [0, 0.05) is 5.54 Å². The van der Waals surface area contributed by atoms with E-state index in [2.05, 4.69) is 0 Å². The highest BCUT2D eigenvalue weighted by Crippen LogP contribution is 2.36. The molecule has 0 bridgehead atoms. The summed E-state index contributed by atoms with van der Waals surface area (Å²) in [6.07, 6.45) is 3.28. The van der Waals surface area contributed by atoms with Crippen molar-refractivity contribution in [2.45, 2.75) is 31.2 Å². The molecule has 2 N–H and O–H groups in total. The molecule has 2 rings (SSSR count). The van der Waals surface area contributed by atoms with Gasteiger partial charge >= 0.3 is 0 Å². The molecule has 1 fully saturated rings. The molecule has 0 radical (unpaired) electrons. The highest BCUT2D eigenvalue weighted by molar-refractivity contribution is 5.19. The Morgan fingerprint density at radius 3 is 2.64 bits per heavy atom. The molecule has 1 aliphatic carbocycles. The van der Waals surface area contributed by atoms with Crippen LogP contribution in [0.15, 0.2) is 18.2 Å². The van der Waals surface area contributed by atoms with Gasteiger partial charge in [-0.15, -0.1) is 0 Å². The Morgan fingerprint density at radius 2 is 2.00 bits per heavy atom. The van der Waals surface area contributed by atoms with E-state index in [0.717, 1.165) is 25.3 Å². The molecule has 1 aromatic rings. The van der Waals surface area contributed by atoms with Crippen LogP contribution in [0.4, 0.5) is 8.78 Å². The van der Waals surface area contributed by atoms with Crippen LogP contribution in [0.1, 0.15) is 24.8 Å². The minimum atomic E-state index is -0.386. The summed E-state index contributed by atoms with van der Waals surface area (Å²) in [6.45, 7) is 0. The predicted octanol–water partition coefficient (Wildman–Crippen LogP) is 2.39. The van der Waals surface area contributed by atoms with Gasteiger partial charge in [-0.25, -0.2) is 8.78 Å². The van der Waals surface area contributed by atoms with Gasteiger partial charge < -0.3 is 5.73 Å². The number of hydrogen-bond donors (Lipinski definition) is 1. The Kier molecular flexibility index (Phi) is 2.27. The molecule has 1 aliphatic rings. The standard InChI is InChI=1S/C11H13F2N/c12-9-1-2-10(13)8(7-9)3-4-11(14)5-6-11/h1-2,7H,3-6,14H2. The van der Waals surface area contributed by atoms with Gasteiger partial charge in [-0.1, -0.05) is 0 Å². The molecule has 0 aliphatic heterocycles. The van der Waals surface area contributed by atoms with E-state index in [1.54, 1.807) is 0 Å². The smallest absolute Gasteiger partial charge is 0.126 e. The summed E-state index contributed by atoms with van der Waals surface area (Å²) in [5, 5.41) is 0. The number of hydrogen-bond acceptors (Lipinski definition) is 1.